The van der Waals surface area contributed by atoms with Gasteiger partial charge in [0, 0.05) is 10.9 Å². The molecule has 1 aromatic carbocycles. The molecule has 0 saturated carbocycles. The second-order valence-corrected chi connectivity index (χ2v) is 4.99. The first-order chi connectivity index (χ1) is 10.1. The molecule has 1 aromatic heterocycles. The molecule has 7 heteroatoms. The molecule has 1 heterocycles. The summed E-state index contributed by atoms with van der Waals surface area (Å²) >= 11 is 1.22. The summed E-state index contributed by atoms with van der Waals surface area (Å²) in [7, 11) is 0. The Morgan fingerprint density at radius 2 is 2.24 bits per heavy atom. The number of anilines is 1. The maximum absolute atomic E-state index is 12.0. The van der Waals surface area contributed by atoms with Gasteiger partial charge in [-0.1, -0.05) is 6.07 Å². The summed E-state index contributed by atoms with van der Waals surface area (Å²) in [5.41, 5.74) is 0.877. The summed E-state index contributed by atoms with van der Waals surface area (Å²) in [5.74, 6) is -0.707. The van der Waals surface area contributed by atoms with Crippen molar-refractivity contribution < 1.29 is 19.4 Å². The molecule has 0 spiro atoms. The van der Waals surface area contributed by atoms with Crippen LogP contribution in [0.2, 0.25) is 0 Å². The number of phenolic OH excluding ortho intramolecular Hbond substituents is 1. The van der Waals surface area contributed by atoms with Gasteiger partial charge < -0.3 is 9.84 Å². The van der Waals surface area contributed by atoms with Gasteiger partial charge in [0.15, 0.2) is 5.13 Å². The summed E-state index contributed by atoms with van der Waals surface area (Å²) in [5, 5.41) is 14.0. The summed E-state index contributed by atoms with van der Waals surface area (Å²) in [6.45, 7) is 2.06. The van der Waals surface area contributed by atoms with Crippen molar-refractivity contribution in [3.63, 3.8) is 0 Å². The fourth-order valence-electron chi connectivity index (χ4n) is 1.62. The van der Waals surface area contributed by atoms with Crippen molar-refractivity contribution in [2.45, 2.75) is 13.3 Å². The largest absolute Gasteiger partial charge is 0.508 e. The number of nitrogens with one attached hydrogen (secondary N) is 1. The molecule has 2 rings (SSSR count). The summed E-state index contributed by atoms with van der Waals surface area (Å²) in [4.78, 5) is 27.4. The lowest BCUT2D eigenvalue weighted by Gasteiger charge is -2.02. The van der Waals surface area contributed by atoms with E-state index in [9.17, 15) is 14.7 Å². The molecule has 2 N–H and O–H groups in total. The molecule has 2 aromatic rings. The number of phenols is 1. The van der Waals surface area contributed by atoms with Gasteiger partial charge in [0.1, 0.15) is 5.75 Å². The Morgan fingerprint density at radius 3 is 2.95 bits per heavy atom. The van der Waals surface area contributed by atoms with Crippen LogP contribution in [-0.2, 0) is 16.0 Å². The van der Waals surface area contributed by atoms with Gasteiger partial charge in [-0.3, -0.25) is 14.9 Å². The minimum absolute atomic E-state index is 0.0183. The highest BCUT2D eigenvalue weighted by Gasteiger charge is 2.11. The standard InChI is InChI=1S/C14H14N2O4S/c1-2-20-12(18)7-10-8-21-14(15-10)16-13(19)9-4-3-5-11(17)6-9/h3-6,8,17H,2,7H2,1H3,(H,15,16,19). The van der Waals surface area contributed by atoms with Crippen molar-refractivity contribution in [1.29, 1.82) is 0 Å². The number of aromatic hydroxyl groups is 1. The van der Waals surface area contributed by atoms with E-state index in [0.29, 0.717) is 23.0 Å². The topological polar surface area (TPSA) is 88.5 Å². The van der Waals surface area contributed by atoms with E-state index in [-0.39, 0.29) is 24.0 Å². The second-order valence-electron chi connectivity index (χ2n) is 4.13. The second kappa shape index (κ2) is 6.85. The summed E-state index contributed by atoms with van der Waals surface area (Å²) in [6, 6.07) is 6.01. The van der Waals surface area contributed by atoms with Gasteiger partial charge in [0.2, 0.25) is 0 Å². The van der Waals surface area contributed by atoms with Crippen LogP contribution in [0.4, 0.5) is 5.13 Å². The maximum atomic E-state index is 12.0. The molecular formula is C14H14N2O4S. The van der Waals surface area contributed by atoms with Gasteiger partial charge in [-0.2, -0.15) is 0 Å². The summed E-state index contributed by atoms with van der Waals surface area (Å²) < 4.78 is 4.83. The first kappa shape index (κ1) is 15.0. The van der Waals surface area contributed by atoms with E-state index in [0.717, 1.165) is 0 Å². The zero-order valence-corrected chi connectivity index (χ0v) is 12.1. The third kappa shape index (κ3) is 4.28. The van der Waals surface area contributed by atoms with Gasteiger partial charge in [0.05, 0.1) is 18.7 Å². The summed E-state index contributed by atoms with van der Waals surface area (Å²) in [6.07, 6.45) is 0.0757. The van der Waals surface area contributed by atoms with E-state index < -0.39 is 0 Å². The van der Waals surface area contributed by atoms with Crippen LogP contribution in [0.25, 0.3) is 0 Å². The number of esters is 1. The molecule has 0 bridgehead atoms. The molecule has 0 radical (unpaired) electrons. The highest BCUT2D eigenvalue weighted by atomic mass is 32.1. The van der Waals surface area contributed by atoms with Gasteiger partial charge in [-0.15, -0.1) is 11.3 Å². The van der Waals surface area contributed by atoms with Crippen molar-refractivity contribution in [3.05, 3.63) is 40.9 Å². The van der Waals surface area contributed by atoms with Gasteiger partial charge >= 0.3 is 5.97 Å². The van der Waals surface area contributed by atoms with Crippen LogP contribution in [0.1, 0.15) is 23.0 Å². The number of carbonyl (C=O) groups is 2. The van der Waals surface area contributed by atoms with Gasteiger partial charge in [-0.25, -0.2) is 4.98 Å². The average molecular weight is 306 g/mol. The lowest BCUT2D eigenvalue weighted by molar-refractivity contribution is -0.142. The van der Waals surface area contributed by atoms with E-state index in [1.807, 2.05) is 0 Å². The van der Waals surface area contributed by atoms with Crippen LogP contribution in [0, 0.1) is 0 Å². The highest BCUT2D eigenvalue weighted by Crippen LogP contribution is 2.18. The maximum Gasteiger partial charge on any atom is 0.311 e. The quantitative estimate of drug-likeness (QED) is 0.827. The molecule has 0 unspecified atom stereocenters. The number of nitrogens with zero attached hydrogens (tertiary/aromatic N) is 1. The Bertz CT molecular complexity index is 654. The fourth-order valence-corrected chi connectivity index (χ4v) is 2.33. The molecular weight excluding hydrogens is 292 g/mol. The minimum Gasteiger partial charge on any atom is -0.508 e. The van der Waals surface area contributed by atoms with E-state index in [2.05, 4.69) is 10.3 Å². The van der Waals surface area contributed by atoms with Gasteiger partial charge in [-0.05, 0) is 25.1 Å². The van der Waals surface area contributed by atoms with E-state index in [1.54, 1.807) is 24.4 Å². The van der Waals surface area contributed by atoms with Crippen molar-refractivity contribution in [2.75, 3.05) is 11.9 Å². The van der Waals surface area contributed by atoms with Crippen molar-refractivity contribution >= 4 is 28.3 Å². The van der Waals surface area contributed by atoms with Crippen LogP contribution >= 0.6 is 11.3 Å². The van der Waals surface area contributed by atoms with Crippen molar-refractivity contribution in [2.24, 2.45) is 0 Å². The SMILES string of the molecule is CCOC(=O)Cc1csc(NC(=O)c2cccc(O)c2)n1. The number of amides is 1. The molecule has 0 atom stereocenters. The number of thiazole rings is 1. The number of ether oxygens (including phenoxy) is 1. The normalized spacial score (nSPS) is 10.1. The monoisotopic (exact) mass is 306 g/mol. The number of benzene rings is 1. The number of rotatable bonds is 5. The highest BCUT2D eigenvalue weighted by molar-refractivity contribution is 7.14. The Balaban J connectivity index is 1.99. The third-order valence-electron chi connectivity index (χ3n) is 2.51. The molecule has 6 nitrogen and oxygen atoms in total. The minimum atomic E-state index is -0.372. The molecule has 0 saturated heterocycles. The van der Waals surface area contributed by atoms with E-state index in [4.69, 9.17) is 4.74 Å². The van der Waals surface area contributed by atoms with Crippen LogP contribution in [0.3, 0.4) is 0 Å². The van der Waals surface area contributed by atoms with Crippen LogP contribution in [0.5, 0.6) is 5.75 Å². The predicted molar refractivity (Wildman–Crippen MR) is 78.5 cm³/mol. The molecule has 110 valence electrons. The van der Waals surface area contributed by atoms with Crippen LogP contribution < -0.4 is 5.32 Å². The Hall–Kier alpha value is -2.41. The van der Waals surface area contributed by atoms with Crippen LogP contribution in [-0.4, -0.2) is 28.6 Å². The number of hydrogen-bond acceptors (Lipinski definition) is 6. The predicted octanol–water partition coefficient (Wildman–Crippen LogP) is 2.21. The molecule has 0 fully saturated rings. The van der Waals surface area contributed by atoms with E-state index in [1.165, 1.54) is 23.5 Å². The average Bonchev–Trinajstić information content (AvgIpc) is 2.86. The number of aromatic nitrogens is 1. The molecule has 1 amide bonds. The molecule has 0 aliphatic rings. The van der Waals surface area contributed by atoms with E-state index >= 15 is 0 Å². The molecule has 0 aliphatic carbocycles. The Morgan fingerprint density at radius 1 is 1.43 bits per heavy atom. The first-order valence-electron chi connectivity index (χ1n) is 6.29. The lowest BCUT2D eigenvalue weighted by Crippen LogP contribution is -2.12. The Labute approximate surface area is 125 Å². The first-order valence-corrected chi connectivity index (χ1v) is 7.17. The van der Waals surface area contributed by atoms with Crippen molar-refractivity contribution in [1.82, 2.24) is 4.98 Å². The number of carbonyl (C=O) groups excluding carboxylic acids is 2. The Kier molecular flexibility index (Phi) is 4.89. The smallest absolute Gasteiger partial charge is 0.311 e. The zero-order chi connectivity index (χ0) is 15.2. The lowest BCUT2D eigenvalue weighted by atomic mass is 10.2. The fraction of sp³-hybridized carbons (Fsp3) is 0.214. The van der Waals surface area contributed by atoms with Gasteiger partial charge in [0.25, 0.3) is 5.91 Å². The molecule has 0 aliphatic heterocycles. The third-order valence-corrected chi connectivity index (χ3v) is 3.32. The molecule has 21 heavy (non-hydrogen) atoms. The zero-order valence-electron chi connectivity index (χ0n) is 11.3. The van der Waals surface area contributed by atoms with Crippen molar-refractivity contribution in [3.8, 4) is 5.75 Å². The number of hydrogen-bond donors (Lipinski definition) is 2. The van der Waals surface area contributed by atoms with Crippen LogP contribution in [0.15, 0.2) is 29.6 Å².